The summed E-state index contributed by atoms with van der Waals surface area (Å²) in [5.41, 5.74) is 7.79. The molecule has 5 nitrogen and oxygen atoms in total. The molecule has 0 radical (unpaired) electrons. The third-order valence-corrected chi connectivity index (χ3v) is 4.69. The number of halogens is 1. The van der Waals surface area contributed by atoms with Crippen molar-refractivity contribution in [2.24, 2.45) is 7.05 Å². The molecule has 0 aliphatic rings. The number of anilines is 2. The highest BCUT2D eigenvalue weighted by molar-refractivity contribution is 9.10. The Bertz CT molecular complexity index is 902. The van der Waals surface area contributed by atoms with Crippen molar-refractivity contribution in [2.45, 2.75) is 19.8 Å². The Morgan fingerprint density at radius 1 is 1.19 bits per heavy atom. The molecular formula is C20H21BrN4O. The maximum atomic E-state index is 11.6. The molecule has 1 aromatic heterocycles. The van der Waals surface area contributed by atoms with Gasteiger partial charge in [0.1, 0.15) is 5.69 Å². The van der Waals surface area contributed by atoms with Crippen LogP contribution in [-0.2, 0) is 11.8 Å². The second kappa shape index (κ2) is 7.74. The Morgan fingerprint density at radius 3 is 2.50 bits per heavy atom. The fraction of sp³-hybridized carbons (Fsp3) is 0.200. The van der Waals surface area contributed by atoms with Gasteiger partial charge in [0.15, 0.2) is 0 Å². The molecule has 0 spiro atoms. The Balaban J connectivity index is 1.83. The number of amides is 1. The van der Waals surface area contributed by atoms with Gasteiger partial charge in [-0.3, -0.25) is 14.9 Å². The molecule has 0 atom stereocenters. The van der Waals surface area contributed by atoms with E-state index in [-0.39, 0.29) is 0 Å². The van der Waals surface area contributed by atoms with E-state index >= 15 is 0 Å². The summed E-state index contributed by atoms with van der Waals surface area (Å²) < 4.78 is 2.68. The molecule has 3 aromatic rings. The fourth-order valence-electron chi connectivity index (χ4n) is 2.70. The first-order chi connectivity index (χ1) is 12.5. The van der Waals surface area contributed by atoms with Gasteiger partial charge in [0, 0.05) is 18.8 Å². The number of aromatic nitrogens is 2. The SMILES string of the molecule is CC(C)c1ccc(N(C=O)Nc2cccc(-c3nn(C)cc3Br)c2)cc1. The van der Waals surface area contributed by atoms with Gasteiger partial charge in [-0.25, -0.2) is 5.01 Å². The minimum Gasteiger partial charge on any atom is -0.292 e. The molecule has 3 rings (SSSR count). The number of nitrogens with zero attached hydrogens (tertiary/aromatic N) is 3. The van der Waals surface area contributed by atoms with Gasteiger partial charge in [-0.05, 0) is 51.7 Å². The highest BCUT2D eigenvalue weighted by Gasteiger charge is 2.10. The molecule has 2 aromatic carbocycles. The van der Waals surface area contributed by atoms with Gasteiger partial charge in [-0.15, -0.1) is 0 Å². The largest absolute Gasteiger partial charge is 0.292 e. The zero-order valence-corrected chi connectivity index (χ0v) is 16.6. The van der Waals surface area contributed by atoms with Crippen LogP contribution in [0.25, 0.3) is 11.3 Å². The molecule has 134 valence electrons. The number of hydrogen-bond donors (Lipinski definition) is 1. The Morgan fingerprint density at radius 2 is 1.92 bits per heavy atom. The number of carbonyl (C=O) groups excluding carboxylic acids is 1. The lowest BCUT2D eigenvalue weighted by atomic mass is 10.0. The van der Waals surface area contributed by atoms with Crippen molar-refractivity contribution in [1.82, 2.24) is 9.78 Å². The normalized spacial score (nSPS) is 10.8. The quantitative estimate of drug-likeness (QED) is 0.459. The molecule has 0 aliphatic heterocycles. The molecule has 1 heterocycles. The Hall–Kier alpha value is -2.60. The van der Waals surface area contributed by atoms with E-state index in [1.54, 1.807) is 4.68 Å². The number of hydrazine groups is 1. The predicted molar refractivity (Wildman–Crippen MR) is 109 cm³/mol. The van der Waals surface area contributed by atoms with E-state index in [0.29, 0.717) is 5.92 Å². The van der Waals surface area contributed by atoms with Gasteiger partial charge in [-0.2, -0.15) is 5.10 Å². The summed E-state index contributed by atoms with van der Waals surface area (Å²) in [6, 6.07) is 15.8. The predicted octanol–water partition coefficient (Wildman–Crippen LogP) is 4.96. The summed E-state index contributed by atoms with van der Waals surface area (Å²) >= 11 is 3.53. The minimum absolute atomic E-state index is 0.454. The van der Waals surface area contributed by atoms with Crippen LogP contribution in [0.5, 0.6) is 0 Å². The topological polar surface area (TPSA) is 50.2 Å². The highest BCUT2D eigenvalue weighted by atomic mass is 79.9. The number of benzene rings is 2. The van der Waals surface area contributed by atoms with Crippen molar-refractivity contribution in [3.05, 3.63) is 64.8 Å². The smallest absolute Gasteiger partial charge is 0.232 e. The van der Waals surface area contributed by atoms with Crippen LogP contribution in [0.4, 0.5) is 11.4 Å². The zero-order chi connectivity index (χ0) is 18.7. The van der Waals surface area contributed by atoms with Crippen molar-refractivity contribution in [1.29, 1.82) is 0 Å². The molecule has 0 aliphatic carbocycles. The lowest BCUT2D eigenvalue weighted by Gasteiger charge is -2.20. The van der Waals surface area contributed by atoms with E-state index in [2.05, 4.69) is 40.3 Å². The van der Waals surface area contributed by atoms with Crippen LogP contribution in [0.2, 0.25) is 0 Å². The number of rotatable bonds is 6. The monoisotopic (exact) mass is 412 g/mol. The molecule has 0 unspecified atom stereocenters. The zero-order valence-electron chi connectivity index (χ0n) is 15.0. The molecule has 0 bridgehead atoms. The van der Waals surface area contributed by atoms with Gasteiger partial charge in [0.2, 0.25) is 6.41 Å². The van der Waals surface area contributed by atoms with Gasteiger partial charge in [0.25, 0.3) is 0 Å². The van der Waals surface area contributed by atoms with E-state index in [9.17, 15) is 4.79 Å². The first kappa shape index (κ1) is 18.2. The molecule has 0 saturated carbocycles. The number of carbonyl (C=O) groups is 1. The average Bonchev–Trinajstić information content (AvgIpc) is 2.98. The van der Waals surface area contributed by atoms with Crippen LogP contribution in [0, 0.1) is 0 Å². The van der Waals surface area contributed by atoms with Gasteiger partial charge in [-0.1, -0.05) is 38.1 Å². The summed E-state index contributed by atoms with van der Waals surface area (Å²) in [6.45, 7) is 4.29. The molecule has 6 heteroatoms. The van der Waals surface area contributed by atoms with E-state index < -0.39 is 0 Å². The molecular weight excluding hydrogens is 392 g/mol. The van der Waals surface area contributed by atoms with Crippen molar-refractivity contribution in [3.63, 3.8) is 0 Å². The molecule has 0 fully saturated rings. The Kier molecular flexibility index (Phi) is 5.42. The molecule has 0 saturated heterocycles. The maximum Gasteiger partial charge on any atom is 0.232 e. The minimum atomic E-state index is 0.454. The van der Waals surface area contributed by atoms with Crippen molar-refractivity contribution in [3.8, 4) is 11.3 Å². The van der Waals surface area contributed by atoms with Gasteiger partial charge in [0.05, 0.1) is 15.8 Å². The van der Waals surface area contributed by atoms with Crippen LogP contribution in [0.15, 0.2) is 59.2 Å². The van der Waals surface area contributed by atoms with Crippen LogP contribution < -0.4 is 10.4 Å². The first-order valence-corrected chi connectivity index (χ1v) is 9.18. The lowest BCUT2D eigenvalue weighted by molar-refractivity contribution is -0.107. The van der Waals surface area contributed by atoms with Crippen LogP contribution in [-0.4, -0.2) is 16.2 Å². The van der Waals surface area contributed by atoms with Gasteiger partial charge < -0.3 is 0 Å². The second-order valence-electron chi connectivity index (χ2n) is 6.41. The van der Waals surface area contributed by atoms with Crippen molar-refractivity contribution < 1.29 is 4.79 Å². The fourth-order valence-corrected chi connectivity index (χ4v) is 3.31. The summed E-state index contributed by atoms with van der Waals surface area (Å²) in [5.74, 6) is 0.454. The van der Waals surface area contributed by atoms with Crippen LogP contribution >= 0.6 is 15.9 Å². The maximum absolute atomic E-state index is 11.6. The summed E-state index contributed by atoms with van der Waals surface area (Å²) in [6.07, 6.45) is 2.68. The van der Waals surface area contributed by atoms with Crippen molar-refractivity contribution >= 4 is 33.7 Å². The summed E-state index contributed by atoms with van der Waals surface area (Å²) in [7, 11) is 1.88. The third kappa shape index (κ3) is 3.96. The van der Waals surface area contributed by atoms with Crippen LogP contribution in [0.3, 0.4) is 0 Å². The average molecular weight is 413 g/mol. The van der Waals surface area contributed by atoms with E-state index in [1.165, 1.54) is 10.6 Å². The van der Waals surface area contributed by atoms with Crippen molar-refractivity contribution in [2.75, 3.05) is 10.4 Å². The highest BCUT2D eigenvalue weighted by Crippen LogP contribution is 2.28. The number of nitrogens with one attached hydrogen (secondary N) is 1. The standard InChI is InChI=1S/C20H21BrN4O/c1-14(2)15-7-9-18(10-8-15)25(13-26)22-17-6-4-5-16(11-17)20-19(21)12-24(3)23-20/h4-14,22H,1-3H3. The molecule has 1 amide bonds. The third-order valence-electron chi connectivity index (χ3n) is 4.11. The first-order valence-electron chi connectivity index (χ1n) is 8.38. The summed E-state index contributed by atoms with van der Waals surface area (Å²) in [5, 5.41) is 5.93. The summed E-state index contributed by atoms with van der Waals surface area (Å²) in [4.78, 5) is 11.6. The Labute approximate surface area is 161 Å². The molecule has 26 heavy (non-hydrogen) atoms. The van der Waals surface area contributed by atoms with Gasteiger partial charge >= 0.3 is 0 Å². The van der Waals surface area contributed by atoms with E-state index in [4.69, 9.17) is 0 Å². The number of aryl methyl sites for hydroxylation is 1. The van der Waals surface area contributed by atoms with Crippen LogP contribution in [0.1, 0.15) is 25.3 Å². The molecule has 1 N–H and O–H groups in total. The number of hydrogen-bond acceptors (Lipinski definition) is 3. The van der Waals surface area contributed by atoms with E-state index in [1.807, 2.05) is 61.8 Å². The van der Waals surface area contributed by atoms with E-state index in [0.717, 1.165) is 33.5 Å². The second-order valence-corrected chi connectivity index (χ2v) is 7.27. The lowest BCUT2D eigenvalue weighted by Crippen LogP contribution is -2.28.